The van der Waals surface area contributed by atoms with Crippen molar-refractivity contribution in [1.82, 2.24) is 9.97 Å². The zero-order valence-corrected chi connectivity index (χ0v) is 9.12. The third-order valence-corrected chi connectivity index (χ3v) is 2.28. The monoisotopic (exact) mass is 241 g/mol. The van der Waals surface area contributed by atoms with Gasteiger partial charge in [-0.25, -0.2) is 13.8 Å². The average molecular weight is 241 g/mol. The minimum Gasteiger partial charge on any atom is -0.399 e. The molecule has 1 aromatic heterocycles. The van der Waals surface area contributed by atoms with Crippen LogP contribution >= 0.6 is 0 Å². The summed E-state index contributed by atoms with van der Waals surface area (Å²) in [5.41, 5.74) is 7.94. The van der Waals surface area contributed by atoms with Crippen molar-refractivity contribution in [3.05, 3.63) is 24.0 Å². The molecule has 0 aliphatic heterocycles. The minimum absolute atomic E-state index is 0.222. The number of imidazole rings is 1. The number of aromatic nitrogens is 2. The van der Waals surface area contributed by atoms with E-state index < -0.39 is 13.0 Å². The van der Waals surface area contributed by atoms with E-state index in [4.69, 9.17) is 10.5 Å². The summed E-state index contributed by atoms with van der Waals surface area (Å²) >= 11 is 0. The number of fused-ring (bicyclic) bond motifs is 1. The Labute approximate surface area is 96.8 Å². The lowest BCUT2D eigenvalue weighted by atomic mass is 10.3. The van der Waals surface area contributed by atoms with Crippen molar-refractivity contribution in [2.45, 2.75) is 12.8 Å². The molecule has 0 amide bonds. The number of hydrogen-bond donors (Lipinski definition) is 2. The molecule has 0 saturated carbocycles. The Kier molecular flexibility index (Phi) is 3.53. The summed E-state index contributed by atoms with van der Waals surface area (Å²) in [5, 5.41) is 0. The van der Waals surface area contributed by atoms with E-state index in [0.29, 0.717) is 17.9 Å². The van der Waals surface area contributed by atoms with Crippen LogP contribution in [0.15, 0.2) is 18.2 Å². The molecule has 0 atom stereocenters. The fraction of sp³-hybridized carbons (Fsp3) is 0.364. The first-order chi connectivity index (χ1) is 8.15. The standard InChI is InChI=1S/C11H13F2N3O/c12-10(13)6-17-4-3-11-15-8-2-1-7(14)5-9(8)16-11/h1-2,5,10H,3-4,6,14H2,(H,15,16). The summed E-state index contributed by atoms with van der Waals surface area (Å²) in [4.78, 5) is 7.36. The zero-order valence-electron chi connectivity index (χ0n) is 9.12. The highest BCUT2D eigenvalue weighted by Crippen LogP contribution is 2.15. The minimum atomic E-state index is -2.43. The SMILES string of the molecule is Nc1ccc2nc(CCOCC(F)F)[nH]c2c1. The highest BCUT2D eigenvalue weighted by atomic mass is 19.3. The molecule has 6 heteroatoms. The Morgan fingerprint density at radius 1 is 1.41 bits per heavy atom. The van der Waals surface area contributed by atoms with Gasteiger partial charge in [-0.2, -0.15) is 0 Å². The van der Waals surface area contributed by atoms with Crippen LogP contribution in [0.1, 0.15) is 5.82 Å². The van der Waals surface area contributed by atoms with Gasteiger partial charge in [-0.15, -0.1) is 0 Å². The zero-order chi connectivity index (χ0) is 12.3. The first-order valence-corrected chi connectivity index (χ1v) is 5.25. The molecule has 0 spiro atoms. The van der Waals surface area contributed by atoms with Crippen LogP contribution in [0.4, 0.5) is 14.5 Å². The summed E-state index contributed by atoms with van der Waals surface area (Å²) in [5.74, 6) is 0.708. The van der Waals surface area contributed by atoms with Crippen molar-refractivity contribution in [3.8, 4) is 0 Å². The van der Waals surface area contributed by atoms with E-state index in [9.17, 15) is 8.78 Å². The molecule has 0 aliphatic rings. The number of aromatic amines is 1. The van der Waals surface area contributed by atoms with Gasteiger partial charge in [-0.05, 0) is 18.2 Å². The Morgan fingerprint density at radius 2 is 2.24 bits per heavy atom. The van der Waals surface area contributed by atoms with Crippen LogP contribution in [0.2, 0.25) is 0 Å². The van der Waals surface area contributed by atoms with Crippen LogP contribution in [-0.4, -0.2) is 29.6 Å². The van der Waals surface area contributed by atoms with Crippen LogP contribution in [0, 0.1) is 0 Å². The highest BCUT2D eigenvalue weighted by molar-refractivity contribution is 5.78. The Balaban J connectivity index is 1.95. The Hall–Kier alpha value is -1.69. The first-order valence-electron chi connectivity index (χ1n) is 5.25. The van der Waals surface area contributed by atoms with E-state index in [1.807, 2.05) is 6.07 Å². The molecular weight excluding hydrogens is 228 g/mol. The van der Waals surface area contributed by atoms with Crippen LogP contribution in [0.3, 0.4) is 0 Å². The second-order valence-electron chi connectivity index (χ2n) is 3.68. The van der Waals surface area contributed by atoms with Gasteiger partial charge in [-0.3, -0.25) is 0 Å². The van der Waals surface area contributed by atoms with Gasteiger partial charge >= 0.3 is 0 Å². The van der Waals surface area contributed by atoms with Crippen LogP contribution in [0.25, 0.3) is 11.0 Å². The summed E-state index contributed by atoms with van der Waals surface area (Å²) in [7, 11) is 0. The Morgan fingerprint density at radius 3 is 3.00 bits per heavy atom. The van der Waals surface area contributed by atoms with Crippen molar-refractivity contribution < 1.29 is 13.5 Å². The second-order valence-corrected chi connectivity index (χ2v) is 3.68. The number of nitrogens with one attached hydrogen (secondary N) is 1. The van der Waals surface area contributed by atoms with Gasteiger partial charge in [0.15, 0.2) is 0 Å². The molecule has 2 aromatic rings. The van der Waals surface area contributed by atoms with Gasteiger partial charge in [0.25, 0.3) is 6.43 Å². The fourth-order valence-electron chi connectivity index (χ4n) is 1.54. The number of benzene rings is 1. The Bertz CT molecular complexity index is 498. The van der Waals surface area contributed by atoms with Crippen molar-refractivity contribution in [2.75, 3.05) is 18.9 Å². The number of nitrogens with zero attached hydrogens (tertiary/aromatic N) is 1. The summed E-state index contributed by atoms with van der Waals surface area (Å²) in [6.07, 6.45) is -1.95. The summed E-state index contributed by atoms with van der Waals surface area (Å²) in [6, 6.07) is 5.36. The molecule has 0 unspecified atom stereocenters. The predicted molar refractivity (Wildman–Crippen MR) is 61.0 cm³/mol. The molecule has 1 aromatic carbocycles. The lowest BCUT2D eigenvalue weighted by Crippen LogP contribution is -2.07. The van der Waals surface area contributed by atoms with Gasteiger partial charge in [0.1, 0.15) is 12.4 Å². The van der Waals surface area contributed by atoms with Crippen molar-refractivity contribution in [2.24, 2.45) is 0 Å². The number of anilines is 1. The van der Waals surface area contributed by atoms with Crippen molar-refractivity contribution >= 4 is 16.7 Å². The normalized spacial score (nSPS) is 11.5. The van der Waals surface area contributed by atoms with Gasteiger partial charge in [-0.1, -0.05) is 0 Å². The van der Waals surface area contributed by atoms with E-state index in [0.717, 1.165) is 11.0 Å². The van der Waals surface area contributed by atoms with E-state index in [-0.39, 0.29) is 6.61 Å². The molecule has 4 nitrogen and oxygen atoms in total. The number of alkyl halides is 2. The van der Waals surface area contributed by atoms with Crippen LogP contribution in [0.5, 0.6) is 0 Å². The van der Waals surface area contributed by atoms with Crippen LogP contribution in [-0.2, 0) is 11.2 Å². The summed E-state index contributed by atoms with van der Waals surface area (Å²) in [6.45, 7) is -0.313. The predicted octanol–water partition coefficient (Wildman–Crippen LogP) is 1.97. The topological polar surface area (TPSA) is 63.9 Å². The summed E-state index contributed by atoms with van der Waals surface area (Å²) < 4.78 is 28.4. The van der Waals surface area contributed by atoms with E-state index in [2.05, 4.69) is 9.97 Å². The lowest BCUT2D eigenvalue weighted by Gasteiger charge is -2.00. The number of nitrogens with two attached hydrogens (primary N) is 1. The quantitative estimate of drug-likeness (QED) is 0.621. The molecule has 0 aliphatic carbocycles. The lowest BCUT2D eigenvalue weighted by molar-refractivity contribution is 0.0183. The largest absolute Gasteiger partial charge is 0.399 e. The average Bonchev–Trinajstić information content (AvgIpc) is 2.66. The number of rotatable bonds is 5. The van der Waals surface area contributed by atoms with Crippen molar-refractivity contribution in [1.29, 1.82) is 0 Å². The van der Waals surface area contributed by atoms with Gasteiger partial charge in [0.05, 0.1) is 17.6 Å². The second kappa shape index (κ2) is 5.09. The molecule has 0 saturated heterocycles. The third kappa shape index (κ3) is 3.13. The fourth-order valence-corrected chi connectivity index (χ4v) is 1.54. The van der Waals surface area contributed by atoms with Gasteiger partial charge < -0.3 is 15.5 Å². The number of hydrogen-bond acceptors (Lipinski definition) is 3. The molecule has 17 heavy (non-hydrogen) atoms. The maximum atomic E-state index is 11.8. The number of H-pyrrole nitrogens is 1. The maximum Gasteiger partial charge on any atom is 0.261 e. The van der Waals surface area contributed by atoms with E-state index >= 15 is 0 Å². The highest BCUT2D eigenvalue weighted by Gasteiger charge is 2.05. The van der Waals surface area contributed by atoms with E-state index in [1.54, 1.807) is 12.1 Å². The van der Waals surface area contributed by atoms with Crippen molar-refractivity contribution in [3.63, 3.8) is 0 Å². The first kappa shape index (κ1) is 11.8. The number of ether oxygens (including phenoxy) is 1. The number of nitrogen functional groups attached to an aromatic ring is 1. The molecular formula is C11H13F2N3O. The van der Waals surface area contributed by atoms with Crippen LogP contribution < -0.4 is 5.73 Å². The number of halogens is 2. The smallest absolute Gasteiger partial charge is 0.261 e. The molecule has 2 rings (SSSR count). The molecule has 92 valence electrons. The van der Waals surface area contributed by atoms with Gasteiger partial charge in [0.2, 0.25) is 0 Å². The molecule has 3 N–H and O–H groups in total. The third-order valence-electron chi connectivity index (χ3n) is 2.28. The maximum absolute atomic E-state index is 11.8. The van der Waals surface area contributed by atoms with Gasteiger partial charge in [0, 0.05) is 12.1 Å². The molecule has 1 heterocycles. The van der Waals surface area contributed by atoms with E-state index in [1.165, 1.54) is 0 Å². The molecule has 0 fully saturated rings. The molecule has 0 radical (unpaired) electrons. The molecule has 0 bridgehead atoms.